The van der Waals surface area contributed by atoms with E-state index in [9.17, 15) is 14.4 Å². The maximum atomic E-state index is 11.4. The van der Waals surface area contributed by atoms with Crippen molar-refractivity contribution in [2.24, 2.45) is 0 Å². The SMILES string of the molecule is COC(=O)c1c(C(=O)Cl)cccc1C(=O)Cl. The van der Waals surface area contributed by atoms with Crippen LogP contribution in [0.5, 0.6) is 0 Å². The number of carbonyl (C=O) groups excluding carboxylic acids is 3. The average Bonchev–Trinajstić information content (AvgIpc) is 2.26. The third kappa shape index (κ3) is 2.40. The summed E-state index contributed by atoms with van der Waals surface area (Å²) in [5, 5.41) is -1.72. The van der Waals surface area contributed by atoms with Crippen molar-refractivity contribution in [3.05, 3.63) is 34.9 Å². The summed E-state index contributed by atoms with van der Waals surface area (Å²) in [6.45, 7) is 0. The van der Waals surface area contributed by atoms with E-state index in [1.54, 1.807) is 0 Å². The van der Waals surface area contributed by atoms with Crippen molar-refractivity contribution in [3.63, 3.8) is 0 Å². The van der Waals surface area contributed by atoms with Crippen molar-refractivity contribution in [1.29, 1.82) is 0 Å². The van der Waals surface area contributed by atoms with Crippen LogP contribution >= 0.6 is 23.2 Å². The molecule has 1 rings (SSSR count). The lowest BCUT2D eigenvalue weighted by atomic mass is 10.0. The van der Waals surface area contributed by atoms with E-state index in [1.165, 1.54) is 18.2 Å². The molecule has 16 heavy (non-hydrogen) atoms. The summed E-state index contributed by atoms with van der Waals surface area (Å²) in [7, 11) is 1.13. The molecule has 84 valence electrons. The van der Waals surface area contributed by atoms with Crippen LogP contribution in [0.1, 0.15) is 31.1 Å². The van der Waals surface area contributed by atoms with Gasteiger partial charge in [-0.2, -0.15) is 0 Å². The van der Waals surface area contributed by atoms with Crippen molar-refractivity contribution in [3.8, 4) is 0 Å². The van der Waals surface area contributed by atoms with Gasteiger partial charge in [0.1, 0.15) is 0 Å². The minimum atomic E-state index is -0.861. The highest BCUT2D eigenvalue weighted by atomic mass is 35.5. The van der Waals surface area contributed by atoms with Gasteiger partial charge in [0.15, 0.2) is 0 Å². The van der Waals surface area contributed by atoms with Gasteiger partial charge in [-0.15, -0.1) is 0 Å². The summed E-state index contributed by atoms with van der Waals surface area (Å²) in [5.41, 5.74) is -0.440. The fourth-order valence-corrected chi connectivity index (χ4v) is 1.52. The first-order chi connectivity index (χ1) is 7.49. The molecule has 0 unspecified atom stereocenters. The average molecular weight is 261 g/mol. The van der Waals surface area contributed by atoms with Crippen LogP contribution in [0.2, 0.25) is 0 Å². The smallest absolute Gasteiger partial charge is 0.339 e. The highest BCUT2D eigenvalue weighted by molar-refractivity contribution is 6.70. The summed E-state index contributed by atoms with van der Waals surface area (Å²) in [5.74, 6) is -0.839. The second kappa shape index (κ2) is 5.09. The van der Waals surface area contributed by atoms with Crippen molar-refractivity contribution >= 4 is 39.7 Å². The Labute approximate surface area is 101 Å². The van der Waals surface area contributed by atoms with Crippen LogP contribution in [-0.4, -0.2) is 23.6 Å². The van der Waals surface area contributed by atoms with E-state index in [0.29, 0.717) is 0 Å². The first kappa shape index (κ1) is 12.7. The number of carbonyl (C=O) groups is 3. The van der Waals surface area contributed by atoms with E-state index in [4.69, 9.17) is 23.2 Å². The highest BCUT2D eigenvalue weighted by Gasteiger charge is 2.23. The van der Waals surface area contributed by atoms with Gasteiger partial charge >= 0.3 is 5.97 Å². The van der Waals surface area contributed by atoms with Crippen molar-refractivity contribution in [1.82, 2.24) is 0 Å². The van der Waals surface area contributed by atoms with E-state index in [0.717, 1.165) is 7.11 Å². The molecule has 0 aliphatic heterocycles. The number of halogens is 2. The fourth-order valence-electron chi connectivity index (χ4n) is 1.20. The van der Waals surface area contributed by atoms with Crippen LogP contribution < -0.4 is 0 Å². The number of methoxy groups -OCH3 is 1. The molecule has 4 nitrogen and oxygen atoms in total. The number of ether oxygens (including phenoxy) is 1. The van der Waals surface area contributed by atoms with Gasteiger partial charge in [-0.25, -0.2) is 4.79 Å². The van der Waals surface area contributed by atoms with Crippen molar-refractivity contribution in [2.75, 3.05) is 7.11 Å². The zero-order valence-electron chi connectivity index (χ0n) is 8.12. The van der Waals surface area contributed by atoms with Gasteiger partial charge in [0.25, 0.3) is 10.5 Å². The Bertz CT molecular complexity index is 436. The minimum Gasteiger partial charge on any atom is -0.465 e. The second-order valence-corrected chi connectivity index (χ2v) is 3.45. The summed E-state index contributed by atoms with van der Waals surface area (Å²) in [6, 6.07) is 4.02. The molecule has 0 aliphatic carbocycles. The third-order valence-corrected chi connectivity index (χ3v) is 2.28. The molecule has 0 saturated heterocycles. The maximum Gasteiger partial charge on any atom is 0.339 e. The summed E-state index contributed by atoms with van der Waals surface area (Å²) >= 11 is 10.6. The molecule has 0 aliphatic rings. The normalized spacial score (nSPS) is 9.69. The van der Waals surface area contributed by atoms with Gasteiger partial charge in [0, 0.05) is 11.1 Å². The molecule has 0 heterocycles. The van der Waals surface area contributed by atoms with Crippen molar-refractivity contribution in [2.45, 2.75) is 0 Å². The van der Waals surface area contributed by atoms with E-state index >= 15 is 0 Å². The van der Waals surface area contributed by atoms with Gasteiger partial charge < -0.3 is 4.74 Å². The predicted octanol–water partition coefficient (Wildman–Crippen LogP) is 2.23. The molecule has 0 amide bonds. The molecule has 0 fully saturated rings. The summed E-state index contributed by atoms with van der Waals surface area (Å²) in [4.78, 5) is 33.5. The van der Waals surface area contributed by atoms with Gasteiger partial charge in [-0.05, 0) is 35.3 Å². The van der Waals surface area contributed by atoms with Crippen LogP contribution in [0.15, 0.2) is 18.2 Å². The van der Waals surface area contributed by atoms with Crippen LogP contribution in [0, 0.1) is 0 Å². The number of hydrogen-bond donors (Lipinski definition) is 0. The Hall–Kier alpha value is -1.39. The highest BCUT2D eigenvalue weighted by Crippen LogP contribution is 2.19. The monoisotopic (exact) mass is 260 g/mol. The van der Waals surface area contributed by atoms with Gasteiger partial charge in [-0.1, -0.05) is 6.07 Å². The van der Waals surface area contributed by atoms with E-state index in [2.05, 4.69) is 4.74 Å². The Morgan fingerprint density at radius 2 is 1.50 bits per heavy atom. The summed E-state index contributed by atoms with van der Waals surface area (Å²) in [6.07, 6.45) is 0. The molecule has 1 aromatic carbocycles. The predicted molar refractivity (Wildman–Crippen MR) is 58.1 cm³/mol. The second-order valence-electron chi connectivity index (χ2n) is 2.77. The lowest BCUT2D eigenvalue weighted by Gasteiger charge is -2.07. The van der Waals surface area contributed by atoms with Crippen LogP contribution in [0.4, 0.5) is 0 Å². The lowest BCUT2D eigenvalue weighted by Crippen LogP contribution is -2.12. The molecule has 0 atom stereocenters. The Kier molecular flexibility index (Phi) is 4.04. The third-order valence-electron chi connectivity index (χ3n) is 1.88. The zero-order chi connectivity index (χ0) is 12.3. The van der Waals surface area contributed by atoms with Crippen LogP contribution in [0.25, 0.3) is 0 Å². The standard InChI is InChI=1S/C10H6Cl2O4/c1-16-10(15)7-5(8(11)13)3-2-4-6(7)9(12)14/h2-4H,1H3. The Morgan fingerprint density at radius 1 is 1.06 bits per heavy atom. The molecule has 0 N–H and O–H groups in total. The van der Waals surface area contributed by atoms with Gasteiger partial charge in [0.05, 0.1) is 12.7 Å². The topological polar surface area (TPSA) is 60.4 Å². The number of hydrogen-bond acceptors (Lipinski definition) is 4. The maximum absolute atomic E-state index is 11.4. The number of rotatable bonds is 3. The first-order valence-corrected chi connectivity index (χ1v) is 4.85. The number of benzene rings is 1. The fraction of sp³-hybridized carbons (Fsp3) is 0.100. The van der Waals surface area contributed by atoms with Crippen LogP contribution in [0.3, 0.4) is 0 Å². The Morgan fingerprint density at radius 3 is 1.81 bits per heavy atom. The van der Waals surface area contributed by atoms with Crippen LogP contribution in [-0.2, 0) is 4.74 Å². The van der Waals surface area contributed by atoms with E-state index < -0.39 is 16.5 Å². The molecular weight excluding hydrogens is 255 g/mol. The van der Waals surface area contributed by atoms with E-state index in [1.807, 2.05) is 0 Å². The first-order valence-electron chi connectivity index (χ1n) is 4.10. The minimum absolute atomic E-state index is 0.111. The molecular formula is C10H6Cl2O4. The zero-order valence-corrected chi connectivity index (χ0v) is 9.63. The molecule has 0 bridgehead atoms. The Balaban J connectivity index is 3.53. The van der Waals surface area contributed by atoms with Gasteiger partial charge in [0.2, 0.25) is 0 Å². The molecule has 0 aromatic heterocycles. The molecule has 0 spiro atoms. The number of esters is 1. The van der Waals surface area contributed by atoms with Gasteiger partial charge in [-0.3, -0.25) is 9.59 Å². The molecule has 0 radical (unpaired) electrons. The van der Waals surface area contributed by atoms with E-state index in [-0.39, 0.29) is 16.7 Å². The molecule has 0 saturated carbocycles. The summed E-state index contributed by atoms with van der Waals surface area (Å²) < 4.78 is 4.46. The quantitative estimate of drug-likeness (QED) is 0.618. The largest absolute Gasteiger partial charge is 0.465 e. The van der Waals surface area contributed by atoms with Crippen molar-refractivity contribution < 1.29 is 19.1 Å². The lowest BCUT2D eigenvalue weighted by molar-refractivity contribution is 0.0595. The molecule has 6 heteroatoms. The molecule has 1 aromatic rings.